The largest absolute Gasteiger partial charge is 0.416 e. The fourth-order valence-corrected chi connectivity index (χ4v) is 2.95. The van der Waals surface area contributed by atoms with E-state index in [0.29, 0.717) is 32.0 Å². The number of nitriles is 1. The summed E-state index contributed by atoms with van der Waals surface area (Å²) in [6.45, 7) is 2.63. The summed E-state index contributed by atoms with van der Waals surface area (Å²) in [5.41, 5.74) is 0.376. The molecule has 9 heteroatoms. The Bertz CT molecular complexity index is 977. The number of nitrogens with zero attached hydrogens (tertiary/aromatic N) is 2. The smallest absolute Gasteiger partial charge is 0.378 e. The lowest BCUT2D eigenvalue weighted by Gasteiger charge is -2.30. The van der Waals surface area contributed by atoms with E-state index in [-0.39, 0.29) is 11.3 Å². The fraction of sp³-hybridized carbons (Fsp3) is 0.238. The van der Waals surface area contributed by atoms with Gasteiger partial charge in [0.2, 0.25) is 0 Å². The molecule has 0 saturated carbocycles. The van der Waals surface area contributed by atoms with Crippen molar-refractivity contribution in [1.29, 1.82) is 5.26 Å². The molecular formula is C21H19F3N4O2. The Labute approximate surface area is 171 Å². The summed E-state index contributed by atoms with van der Waals surface area (Å²) >= 11 is 0. The van der Waals surface area contributed by atoms with Crippen molar-refractivity contribution in [2.24, 2.45) is 0 Å². The van der Waals surface area contributed by atoms with Crippen LogP contribution in [0, 0.1) is 11.3 Å². The van der Waals surface area contributed by atoms with Gasteiger partial charge in [0.15, 0.2) is 0 Å². The molecule has 1 fully saturated rings. The van der Waals surface area contributed by atoms with Gasteiger partial charge in [-0.3, -0.25) is 4.79 Å². The van der Waals surface area contributed by atoms with E-state index in [1.807, 2.05) is 18.2 Å². The number of alkyl halides is 3. The van der Waals surface area contributed by atoms with E-state index in [4.69, 9.17) is 4.74 Å². The minimum atomic E-state index is -4.53. The zero-order valence-electron chi connectivity index (χ0n) is 15.9. The molecule has 3 rings (SSSR count). The predicted molar refractivity (Wildman–Crippen MR) is 107 cm³/mol. The summed E-state index contributed by atoms with van der Waals surface area (Å²) in [7, 11) is 0. The van der Waals surface area contributed by atoms with Crippen molar-refractivity contribution in [1.82, 2.24) is 0 Å². The Morgan fingerprint density at radius 1 is 1.13 bits per heavy atom. The van der Waals surface area contributed by atoms with Crippen molar-refractivity contribution in [2.45, 2.75) is 6.18 Å². The van der Waals surface area contributed by atoms with Gasteiger partial charge in [0.1, 0.15) is 11.6 Å². The van der Waals surface area contributed by atoms with Gasteiger partial charge in [0.05, 0.1) is 30.2 Å². The molecular weight excluding hydrogens is 397 g/mol. The van der Waals surface area contributed by atoms with Gasteiger partial charge in [-0.15, -0.1) is 0 Å². The maximum atomic E-state index is 12.8. The summed E-state index contributed by atoms with van der Waals surface area (Å²) in [5.74, 6) is -0.812. The minimum absolute atomic E-state index is 0.0512. The van der Waals surface area contributed by atoms with E-state index >= 15 is 0 Å². The SMILES string of the molecule is N#C/C(=C/Nc1ccccc1N1CCOCC1)C(=O)Nc1cccc(C(F)(F)F)c1. The lowest BCUT2D eigenvalue weighted by molar-refractivity contribution is -0.137. The molecule has 1 heterocycles. The number of carbonyl (C=O) groups is 1. The number of para-hydroxylation sites is 2. The molecule has 1 aliphatic rings. The molecule has 6 nitrogen and oxygen atoms in total. The third-order valence-corrected chi connectivity index (χ3v) is 4.44. The van der Waals surface area contributed by atoms with Crippen LogP contribution in [0.15, 0.2) is 60.3 Å². The molecule has 0 radical (unpaired) electrons. The van der Waals surface area contributed by atoms with Crippen LogP contribution in [0.1, 0.15) is 5.56 Å². The lowest BCUT2D eigenvalue weighted by atomic mass is 10.2. The second-order valence-corrected chi connectivity index (χ2v) is 6.46. The number of benzene rings is 2. The van der Waals surface area contributed by atoms with Crippen LogP contribution in [-0.2, 0) is 15.7 Å². The van der Waals surface area contributed by atoms with Crippen molar-refractivity contribution in [3.8, 4) is 6.07 Å². The molecule has 2 N–H and O–H groups in total. The van der Waals surface area contributed by atoms with Crippen molar-refractivity contribution in [3.63, 3.8) is 0 Å². The number of rotatable bonds is 5. The number of ether oxygens (including phenoxy) is 1. The quantitative estimate of drug-likeness (QED) is 0.569. The maximum Gasteiger partial charge on any atom is 0.416 e. The van der Waals surface area contributed by atoms with Crippen LogP contribution in [0.3, 0.4) is 0 Å². The number of hydrogen-bond acceptors (Lipinski definition) is 5. The molecule has 0 aromatic heterocycles. The second-order valence-electron chi connectivity index (χ2n) is 6.46. The lowest BCUT2D eigenvalue weighted by Crippen LogP contribution is -2.36. The second kappa shape index (κ2) is 9.33. The number of halogens is 3. The molecule has 156 valence electrons. The fourth-order valence-electron chi connectivity index (χ4n) is 2.95. The summed E-state index contributed by atoms with van der Waals surface area (Å²) in [6.07, 6.45) is -3.29. The third-order valence-electron chi connectivity index (χ3n) is 4.44. The van der Waals surface area contributed by atoms with Gasteiger partial charge < -0.3 is 20.3 Å². The highest BCUT2D eigenvalue weighted by atomic mass is 19.4. The molecule has 0 unspecified atom stereocenters. The topological polar surface area (TPSA) is 77.4 Å². The van der Waals surface area contributed by atoms with Crippen LogP contribution < -0.4 is 15.5 Å². The van der Waals surface area contributed by atoms with Crippen LogP contribution in [0.2, 0.25) is 0 Å². The first-order valence-corrected chi connectivity index (χ1v) is 9.15. The number of hydrogen-bond donors (Lipinski definition) is 2. The van der Waals surface area contributed by atoms with Gasteiger partial charge in [-0.2, -0.15) is 18.4 Å². The zero-order valence-corrected chi connectivity index (χ0v) is 15.9. The molecule has 0 spiro atoms. The van der Waals surface area contributed by atoms with Crippen molar-refractivity contribution >= 4 is 23.0 Å². The monoisotopic (exact) mass is 416 g/mol. The van der Waals surface area contributed by atoms with Crippen LogP contribution in [0.5, 0.6) is 0 Å². The number of morpholine rings is 1. The van der Waals surface area contributed by atoms with Crippen LogP contribution in [0.4, 0.5) is 30.2 Å². The normalized spacial score (nSPS) is 14.7. The van der Waals surface area contributed by atoms with Crippen LogP contribution in [-0.4, -0.2) is 32.2 Å². The summed E-state index contributed by atoms with van der Waals surface area (Å²) in [5, 5.41) is 14.6. The average Bonchev–Trinajstić information content (AvgIpc) is 2.75. The number of amides is 1. The zero-order chi connectivity index (χ0) is 21.6. The molecule has 0 atom stereocenters. The van der Waals surface area contributed by atoms with Gasteiger partial charge in [0.25, 0.3) is 5.91 Å². The Kier molecular flexibility index (Phi) is 6.59. The standard InChI is InChI=1S/C21H19F3N4O2/c22-21(23,24)16-4-3-5-17(12-16)27-20(29)15(13-25)14-26-18-6-1-2-7-19(18)28-8-10-30-11-9-28/h1-7,12,14,26H,8-11H2,(H,27,29)/b15-14-. The van der Waals surface area contributed by atoms with Crippen LogP contribution in [0.25, 0.3) is 0 Å². The molecule has 1 saturated heterocycles. The number of carbonyl (C=O) groups excluding carboxylic acids is 1. The first kappa shape index (κ1) is 21.2. The summed E-state index contributed by atoms with van der Waals surface area (Å²) in [4.78, 5) is 14.5. The van der Waals surface area contributed by atoms with Crippen molar-refractivity contribution in [3.05, 3.63) is 65.9 Å². The van der Waals surface area contributed by atoms with E-state index < -0.39 is 17.6 Å². The third kappa shape index (κ3) is 5.30. The van der Waals surface area contributed by atoms with E-state index in [9.17, 15) is 23.2 Å². The van der Waals surface area contributed by atoms with Gasteiger partial charge in [0, 0.05) is 25.0 Å². The van der Waals surface area contributed by atoms with E-state index in [0.717, 1.165) is 17.8 Å². The number of nitrogens with one attached hydrogen (secondary N) is 2. The first-order chi connectivity index (χ1) is 14.4. The first-order valence-electron chi connectivity index (χ1n) is 9.15. The van der Waals surface area contributed by atoms with Crippen LogP contribution >= 0.6 is 0 Å². The maximum absolute atomic E-state index is 12.8. The van der Waals surface area contributed by atoms with Crippen molar-refractivity contribution in [2.75, 3.05) is 41.8 Å². The average molecular weight is 416 g/mol. The van der Waals surface area contributed by atoms with E-state index in [1.54, 1.807) is 12.1 Å². The molecule has 0 bridgehead atoms. The number of anilines is 3. The Hall–Kier alpha value is -3.51. The van der Waals surface area contributed by atoms with Gasteiger partial charge in [-0.1, -0.05) is 18.2 Å². The summed E-state index contributed by atoms with van der Waals surface area (Å²) < 4.78 is 43.8. The molecule has 1 amide bonds. The molecule has 30 heavy (non-hydrogen) atoms. The highest BCUT2D eigenvalue weighted by Crippen LogP contribution is 2.31. The highest BCUT2D eigenvalue weighted by molar-refractivity contribution is 6.06. The van der Waals surface area contributed by atoms with Gasteiger partial charge >= 0.3 is 6.18 Å². The Morgan fingerprint density at radius 3 is 2.57 bits per heavy atom. The summed E-state index contributed by atoms with van der Waals surface area (Å²) in [6, 6.07) is 13.4. The molecule has 2 aromatic rings. The molecule has 0 aliphatic carbocycles. The van der Waals surface area contributed by atoms with E-state index in [1.165, 1.54) is 18.3 Å². The molecule has 1 aliphatic heterocycles. The minimum Gasteiger partial charge on any atom is -0.378 e. The Morgan fingerprint density at radius 2 is 1.87 bits per heavy atom. The predicted octanol–water partition coefficient (Wildman–Crippen LogP) is 4.00. The highest BCUT2D eigenvalue weighted by Gasteiger charge is 2.30. The van der Waals surface area contributed by atoms with Gasteiger partial charge in [-0.05, 0) is 30.3 Å². The van der Waals surface area contributed by atoms with E-state index in [2.05, 4.69) is 15.5 Å². The van der Waals surface area contributed by atoms with Gasteiger partial charge in [-0.25, -0.2) is 0 Å². The van der Waals surface area contributed by atoms with Crippen molar-refractivity contribution < 1.29 is 22.7 Å². The molecule has 2 aromatic carbocycles. The Balaban J connectivity index is 1.74.